The Morgan fingerprint density at radius 3 is 2.71 bits per heavy atom. The first-order valence-electron chi connectivity index (χ1n) is 13.2. The van der Waals surface area contributed by atoms with E-state index in [4.69, 9.17) is 9.84 Å². The number of rotatable bonds is 3. The molecule has 0 unspecified atom stereocenters. The van der Waals surface area contributed by atoms with E-state index >= 15 is 0 Å². The highest BCUT2D eigenvalue weighted by Crippen LogP contribution is 2.73. The Labute approximate surface area is 212 Å². The average molecular weight is 526 g/mol. The predicted octanol–water partition coefficient (Wildman–Crippen LogP) is 7.11. The number of ether oxygens (including phenoxy) is 1. The molecule has 0 saturated heterocycles. The Hall–Kier alpha value is -1.62. The topological polar surface area (TPSA) is 44.1 Å². The fourth-order valence-electron chi connectivity index (χ4n) is 9.51. The molecule has 34 heavy (non-hydrogen) atoms. The fraction of sp³-hybridized carbons (Fsp3) is 0.655. The van der Waals surface area contributed by atoms with Gasteiger partial charge in [0.25, 0.3) is 0 Å². The van der Waals surface area contributed by atoms with E-state index in [0.717, 1.165) is 29.4 Å². The SMILES string of the molecule is CCOC(=O)[C@]1(C)CCC[C@@]2(C)[C@@H]3CC[C@@]4(C)C[C@]3(CC[C@@H]21)c1cnn(-c2cccc(Br)c2)c14. The van der Waals surface area contributed by atoms with E-state index in [-0.39, 0.29) is 27.6 Å². The summed E-state index contributed by atoms with van der Waals surface area (Å²) in [7, 11) is 0. The van der Waals surface area contributed by atoms with Gasteiger partial charge >= 0.3 is 5.97 Å². The molecule has 1 heterocycles. The van der Waals surface area contributed by atoms with Crippen molar-refractivity contribution in [2.75, 3.05) is 6.61 Å². The van der Waals surface area contributed by atoms with Gasteiger partial charge in [0.1, 0.15) is 0 Å². The van der Waals surface area contributed by atoms with Gasteiger partial charge in [-0.05, 0) is 94.2 Å². The van der Waals surface area contributed by atoms with Crippen LogP contribution in [0.4, 0.5) is 0 Å². The first-order valence-corrected chi connectivity index (χ1v) is 14.0. The van der Waals surface area contributed by atoms with Gasteiger partial charge < -0.3 is 4.74 Å². The second-order valence-electron chi connectivity index (χ2n) is 12.4. The van der Waals surface area contributed by atoms with Crippen LogP contribution in [0.15, 0.2) is 34.9 Å². The summed E-state index contributed by atoms with van der Waals surface area (Å²) in [4.78, 5) is 13.2. The third kappa shape index (κ3) is 2.82. The Bertz CT molecular complexity index is 1160. The molecular formula is C29H37BrN2O2. The molecule has 2 aromatic rings. The van der Waals surface area contributed by atoms with Crippen LogP contribution in [0, 0.1) is 22.7 Å². The molecular weight excluding hydrogens is 488 g/mol. The van der Waals surface area contributed by atoms with Crippen molar-refractivity contribution in [2.24, 2.45) is 22.7 Å². The van der Waals surface area contributed by atoms with Crippen LogP contribution >= 0.6 is 15.9 Å². The second kappa shape index (κ2) is 7.44. The molecule has 0 amide bonds. The smallest absolute Gasteiger partial charge is 0.312 e. The zero-order valence-corrected chi connectivity index (χ0v) is 22.6. The standard InChI is InChI=1S/C29H37BrN2O2/c1-5-34-25(33)28(4)13-7-12-27(3)22(28)11-15-29-18-26(2,14-10-23(27)29)24-21(29)17-31-32(24)20-9-6-8-19(30)16-20/h6,8-9,16-17,22-23H,5,7,10-15,18H2,1-4H3/t22-,23-,26-,27+,28+,29+/m0/s1. The van der Waals surface area contributed by atoms with Crippen molar-refractivity contribution in [1.29, 1.82) is 0 Å². The number of hydrogen-bond acceptors (Lipinski definition) is 3. The third-order valence-corrected chi connectivity index (χ3v) is 11.2. The van der Waals surface area contributed by atoms with Gasteiger partial charge in [-0.15, -0.1) is 0 Å². The Morgan fingerprint density at radius 1 is 1.15 bits per heavy atom. The number of carbonyl (C=O) groups is 1. The van der Waals surface area contributed by atoms with Gasteiger partial charge in [-0.3, -0.25) is 4.79 Å². The number of halogens is 1. The van der Waals surface area contributed by atoms with Crippen LogP contribution < -0.4 is 0 Å². The molecule has 2 bridgehead atoms. The van der Waals surface area contributed by atoms with Crippen molar-refractivity contribution in [3.63, 3.8) is 0 Å². The van der Waals surface area contributed by atoms with E-state index < -0.39 is 0 Å². The van der Waals surface area contributed by atoms with Crippen LogP contribution in [0.5, 0.6) is 0 Å². The minimum Gasteiger partial charge on any atom is -0.466 e. The summed E-state index contributed by atoms with van der Waals surface area (Å²) in [6.07, 6.45) is 11.5. The van der Waals surface area contributed by atoms with Crippen molar-refractivity contribution < 1.29 is 9.53 Å². The summed E-state index contributed by atoms with van der Waals surface area (Å²) >= 11 is 3.65. The molecule has 0 aliphatic heterocycles. The van der Waals surface area contributed by atoms with Gasteiger partial charge in [0, 0.05) is 20.9 Å². The van der Waals surface area contributed by atoms with Gasteiger partial charge in [0.05, 0.1) is 29.6 Å². The Kier molecular flexibility index (Phi) is 5.00. The molecule has 4 nitrogen and oxygen atoms in total. The lowest BCUT2D eigenvalue weighted by molar-refractivity contribution is -0.180. The van der Waals surface area contributed by atoms with Crippen molar-refractivity contribution in [3.05, 3.63) is 46.2 Å². The zero-order chi connectivity index (χ0) is 23.9. The lowest BCUT2D eigenvalue weighted by atomic mass is 9.40. The van der Waals surface area contributed by atoms with Gasteiger partial charge in [-0.1, -0.05) is 42.3 Å². The first kappa shape index (κ1) is 22.8. The van der Waals surface area contributed by atoms with Crippen LogP contribution in [0.2, 0.25) is 0 Å². The average Bonchev–Trinajstić information content (AvgIpc) is 3.32. The molecule has 0 N–H and O–H groups in total. The lowest BCUT2D eigenvalue weighted by Gasteiger charge is -2.64. The molecule has 5 heteroatoms. The maximum Gasteiger partial charge on any atom is 0.312 e. The molecule has 182 valence electrons. The summed E-state index contributed by atoms with van der Waals surface area (Å²) in [5.41, 5.74) is 4.24. The second-order valence-corrected chi connectivity index (χ2v) is 13.3. The van der Waals surface area contributed by atoms with E-state index in [9.17, 15) is 4.79 Å². The van der Waals surface area contributed by atoms with Gasteiger partial charge in [0.2, 0.25) is 0 Å². The van der Waals surface area contributed by atoms with E-state index in [2.05, 4.69) is 71.8 Å². The molecule has 4 aliphatic rings. The van der Waals surface area contributed by atoms with Crippen molar-refractivity contribution >= 4 is 21.9 Å². The number of fused-ring (bicyclic) bond motifs is 5. The Balaban J connectivity index is 1.45. The van der Waals surface area contributed by atoms with Crippen molar-refractivity contribution in [1.82, 2.24) is 9.78 Å². The zero-order valence-electron chi connectivity index (χ0n) is 21.0. The van der Waals surface area contributed by atoms with Crippen LogP contribution in [0.1, 0.15) is 90.3 Å². The molecule has 1 aromatic carbocycles. The molecule has 3 saturated carbocycles. The molecule has 6 rings (SSSR count). The van der Waals surface area contributed by atoms with Crippen LogP contribution in [0.3, 0.4) is 0 Å². The van der Waals surface area contributed by atoms with Gasteiger partial charge in [0.15, 0.2) is 0 Å². The molecule has 4 aliphatic carbocycles. The fourth-order valence-corrected chi connectivity index (χ4v) is 9.89. The quantitative estimate of drug-likeness (QED) is 0.401. The first-order chi connectivity index (χ1) is 16.2. The van der Waals surface area contributed by atoms with Gasteiger partial charge in [-0.2, -0.15) is 5.10 Å². The van der Waals surface area contributed by atoms with Gasteiger partial charge in [-0.25, -0.2) is 4.68 Å². The van der Waals surface area contributed by atoms with E-state index in [0.29, 0.717) is 18.4 Å². The lowest BCUT2D eigenvalue weighted by Crippen LogP contribution is -2.60. The maximum atomic E-state index is 13.2. The van der Waals surface area contributed by atoms with Crippen LogP contribution in [-0.4, -0.2) is 22.4 Å². The van der Waals surface area contributed by atoms with E-state index in [1.165, 1.54) is 43.4 Å². The highest BCUT2D eigenvalue weighted by Gasteiger charge is 2.68. The molecule has 0 radical (unpaired) electrons. The number of carbonyl (C=O) groups excluding carboxylic acids is 1. The molecule has 3 fully saturated rings. The number of nitrogens with zero attached hydrogens (tertiary/aromatic N) is 2. The van der Waals surface area contributed by atoms with E-state index in [1.54, 1.807) is 0 Å². The van der Waals surface area contributed by atoms with Crippen molar-refractivity contribution in [3.8, 4) is 5.69 Å². The summed E-state index contributed by atoms with van der Waals surface area (Å²) < 4.78 is 8.97. The number of benzene rings is 1. The van der Waals surface area contributed by atoms with E-state index in [1.807, 2.05) is 6.92 Å². The summed E-state index contributed by atoms with van der Waals surface area (Å²) in [5.74, 6) is 1.04. The number of aromatic nitrogens is 2. The number of hydrogen-bond donors (Lipinski definition) is 0. The Morgan fingerprint density at radius 2 is 1.94 bits per heavy atom. The van der Waals surface area contributed by atoms with Crippen LogP contribution in [-0.2, 0) is 20.4 Å². The summed E-state index contributed by atoms with van der Waals surface area (Å²) in [6.45, 7) is 9.62. The highest BCUT2D eigenvalue weighted by molar-refractivity contribution is 9.10. The van der Waals surface area contributed by atoms with Crippen LogP contribution in [0.25, 0.3) is 5.69 Å². The minimum absolute atomic E-state index is 0.0390. The molecule has 1 aromatic heterocycles. The minimum atomic E-state index is -0.354. The maximum absolute atomic E-state index is 13.2. The summed E-state index contributed by atoms with van der Waals surface area (Å²) in [6, 6.07) is 8.53. The normalized spacial score (nSPS) is 40.3. The highest BCUT2D eigenvalue weighted by atomic mass is 79.9. The third-order valence-electron chi connectivity index (χ3n) is 10.7. The predicted molar refractivity (Wildman–Crippen MR) is 137 cm³/mol. The monoisotopic (exact) mass is 524 g/mol. The largest absolute Gasteiger partial charge is 0.466 e. The molecule has 6 atom stereocenters. The number of esters is 1. The molecule has 1 spiro atoms. The van der Waals surface area contributed by atoms with Crippen molar-refractivity contribution in [2.45, 2.75) is 89.9 Å². The summed E-state index contributed by atoms with van der Waals surface area (Å²) in [5, 5.41) is 4.99.